The average Bonchev–Trinajstić information content (AvgIpc) is 3.42. The Morgan fingerprint density at radius 3 is 2.85 bits per heavy atom. The Hall–Kier alpha value is -4.11. The highest BCUT2D eigenvalue weighted by Crippen LogP contribution is 2.34. The van der Waals surface area contributed by atoms with Crippen molar-refractivity contribution < 1.29 is 23.8 Å². The number of pyridine rings is 1. The molecule has 9 heteroatoms. The zero-order chi connectivity index (χ0) is 27.6. The molecule has 0 saturated carbocycles. The number of rotatable bonds is 3. The predicted octanol–water partition coefficient (Wildman–Crippen LogP) is 3.70. The van der Waals surface area contributed by atoms with Crippen molar-refractivity contribution >= 4 is 17.6 Å². The Bertz CT molecular complexity index is 1440. The number of nitrogens with two attached hydrogens (primary N) is 1. The van der Waals surface area contributed by atoms with Crippen LogP contribution in [-0.2, 0) is 35.4 Å². The number of hydrogen-bond donors (Lipinski definition) is 2. The van der Waals surface area contributed by atoms with E-state index in [1.54, 1.807) is 7.11 Å². The van der Waals surface area contributed by atoms with Gasteiger partial charge in [-0.2, -0.15) is 0 Å². The molecule has 1 saturated heterocycles. The standard InChI is InChI=1S/C31H34N4O5/c1-38-27-10-8-19-9-11-29(36)33-25-17-35(31-23(30(32)37)16-21-5-3-7-24(21)34-31)13-12-26(25)39-18-20-4-2-6-22(14-20)40-28(27)15-19/h2,4,6,8,10,14-16,25-26H,3,5,7,9,11-13,17-18H2,1H3,(H2,32,37)(H,33,36)/t25-,26+/m0/s1. The van der Waals surface area contributed by atoms with E-state index in [1.807, 2.05) is 48.5 Å². The summed E-state index contributed by atoms with van der Waals surface area (Å²) in [6.45, 7) is 1.48. The van der Waals surface area contributed by atoms with Crippen LogP contribution in [0.5, 0.6) is 17.2 Å². The van der Waals surface area contributed by atoms with Crippen molar-refractivity contribution in [2.75, 3.05) is 25.1 Å². The summed E-state index contributed by atoms with van der Waals surface area (Å²) in [6.07, 6.45) is 4.16. The molecule has 1 fully saturated rings. The molecule has 2 amide bonds. The maximum absolute atomic E-state index is 13.2. The molecule has 2 atom stereocenters. The second kappa shape index (κ2) is 11.2. The summed E-state index contributed by atoms with van der Waals surface area (Å²) in [4.78, 5) is 32.5. The highest BCUT2D eigenvalue weighted by atomic mass is 16.5. The molecule has 6 rings (SSSR count). The van der Waals surface area contributed by atoms with Gasteiger partial charge in [0.1, 0.15) is 11.6 Å². The number of piperidine rings is 1. The number of primary amides is 1. The fraction of sp³-hybridized carbons (Fsp3) is 0.387. The molecule has 1 aliphatic carbocycles. The molecule has 0 unspecified atom stereocenters. The Labute approximate surface area is 233 Å². The summed E-state index contributed by atoms with van der Waals surface area (Å²) in [5.74, 6) is 1.97. The summed E-state index contributed by atoms with van der Waals surface area (Å²) in [7, 11) is 1.61. The Kier molecular flexibility index (Phi) is 7.30. The highest BCUT2D eigenvalue weighted by molar-refractivity contribution is 5.98. The quantitative estimate of drug-likeness (QED) is 0.519. The van der Waals surface area contributed by atoms with E-state index in [9.17, 15) is 9.59 Å². The molecule has 208 valence electrons. The molecule has 0 spiro atoms. The first kappa shape index (κ1) is 26.1. The number of aromatic nitrogens is 1. The molecule has 4 bridgehead atoms. The van der Waals surface area contributed by atoms with Crippen molar-refractivity contribution in [2.45, 2.75) is 57.3 Å². The smallest absolute Gasteiger partial charge is 0.252 e. The van der Waals surface area contributed by atoms with Gasteiger partial charge in [-0.15, -0.1) is 0 Å². The minimum atomic E-state index is -0.484. The number of fused-ring (bicyclic) bond motifs is 6. The van der Waals surface area contributed by atoms with Gasteiger partial charge < -0.3 is 30.2 Å². The number of carbonyl (C=O) groups excluding carboxylic acids is 2. The van der Waals surface area contributed by atoms with Crippen LogP contribution in [0.2, 0.25) is 0 Å². The zero-order valence-electron chi connectivity index (χ0n) is 22.7. The van der Waals surface area contributed by atoms with Crippen molar-refractivity contribution in [1.82, 2.24) is 10.3 Å². The molecule has 40 heavy (non-hydrogen) atoms. The maximum Gasteiger partial charge on any atom is 0.252 e. The third kappa shape index (κ3) is 5.47. The van der Waals surface area contributed by atoms with Gasteiger partial charge in [0, 0.05) is 25.2 Å². The average molecular weight is 543 g/mol. The van der Waals surface area contributed by atoms with E-state index in [4.69, 9.17) is 24.9 Å². The van der Waals surface area contributed by atoms with Crippen LogP contribution >= 0.6 is 0 Å². The summed E-state index contributed by atoms with van der Waals surface area (Å²) in [5.41, 5.74) is 10.3. The number of nitrogens with one attached hydrogen (secondary N) is 1. The largest absolute Gasteiger partial charge is 0.493 e. The third-order valence-corrected chi connectivity index (χ3v) is 7.95. The van der Waals surface area contributed by atoms with Crippen LogP contribution in [0.25, 0.3) is 0 Å². The lowest BCUT2D eigenvalue weighted by molar-refractivity contribution is -0.123. The predicted molar refractivity (Wildman–Crippen MR) is 150 cm³/mol. The number of ether oxygens (including phenoxy) is 3. The van der Waals surface area contributed by atoms with Crippen LogP contribution in [0.4, 0.5) is 5.82 Å². The molecule has 2 aliphatic heterocycles. The summed E-state index contributed by atoms with van der Waals surface area (Å²) in [6, 6.07) is 15.2. The first-order valence-electron chi connectivity index (χ1n) is 13.9. The van der Waals surface area contributed by atoms with Crippen LogP contribution < -0.4 is 25.4 Å². The summed E-state index contributed by atoms with van der Waals surface area (Å²) < 4.78 is 18.1. The molecule has 3 N–H and O–H groups in total. The third-order valence-electron chi connectivity index (χ3n) is 7.95. The summed E-state index contributed by atoms with van der Waals surface area (Å²) in [5, 5.41) is 3.22. The monoisotopic (exact) mass is 542 g/mol. The van der Waals surface area contributed by atoms with Gasteiger partial charge in [-0.3, -0.25) is 9.59 Å². The van der Waals surface area contributed by atoms with Crippen molar-refractivity contribution in [3.05, 3.63) is 76.5 Å². The number of carbonyl (C=O) groups is 2. The SMILES string of the molecule is COc1ccc2cc1Oc1cccc(c1)CO[C@@H]1CCN(c3nc4c(cc3C(N)=O)CCC4)C[C@@H]1NC(=O)CC2. The molecule has 2 aromatic carbocycles. The lowest BCUT2D eigenvalue weighted by Crippen LogP contribution is -2.56. The number of aryl methyl sites for hydroxylation is 3. The molecule has 1 aromatic heterocycles. The molecule has 3 aromatic rings. The van der Waals surface area contributed by atoms with E-state index in [0.717, 1.165) is 41.6 Å². The molecule has 9 nitrogen and oxygen atoms in total. The number of methoxy groups -OCH3 is 1. The van der Waals surface area contributed by atoms with Gasteiger partial charge in [0.05, 0.1) is 31.4 Å². The number of nitrogens with zero attached hydrogens (tertiary/aromatic N) is 2. The van der Waals surface area contributed by atoms with Crippen LogP contribution in [0.1, 0.15) is 52.0 Å². The second-order valence-corrected chi connectivity index (χ2v) is 10.7. The molecular weight excluding hydrogens is 508 g/mol. The minimum Gasteiger partial charge on any atom is -0.493 e. The van der Waals surface area contributed by atoms with Crippen molar-refractivity contribution in [3.8, 4) is 17.2 Å². The van der Waals surface area contributed by atoms with E-state index >= 15 is 0 Å². The lowest BCUT2D eigenvalue weighted by atomic mass is 9.99. The van der Waals surface area contributed by atoms with E-state index < -0.39 is 5.91 Å². The normalized spacial score (nSPS) is 20.7. The summed E-state index contributed by atoms with van der Waals surface area (Å²) >= 11 is 0. The first-order valence-corrected chi connectivity index (χ1v) is 13.9. The topological polar surface area (TPSA) is 116 Å². The van der Waals surface area contributed by atoms with Gasteiger partial charge in [0.2, 0.25) is 5.91 Å². The fourth-order valence-electron chi connectivity index (χ4n) is 5.87. The second-order valence-electron chi connectivity index (χ2n) is 10.7. The van der Waals surface area contributed by atoms with E-state index in [2.05, 4.69) is 10.2 Å². The Morgan fingerprint density at radius 1 is 1.10 bits per heavy atom. The van der Waals surface area contributed by atoms with Crippen LogP contribution in [-0.4, -0.2) is 49.1 Å². The van der Waals surface area contributed by atoms with Gasteiger partial charge in [-0.25, -0.2) is 4.98 Å². The first-order chi connectivity index (χ1) is 19.5. The van der Waals surface area contributed by atoms with Gasteiger partial charge in [0.25, 0.3) is 5.91 Å². The van der Waals surface area contributed by atoms with Crippen molar-refractivity contribution in [2.24, 2.45) is 5.73 Å². The van der Waals surface area contributed by atoms with Gasteiger partial charge in [-0.1, -0.05) is 18.2 Å². The Balaban J connectivity index is 1.28. The van der Waals surface area contributed by atoms with Crippen LogP contribution in [0, 0.1) is 0 Å². The van der Waals surface area contributed by atoms with E-state index in [0.29, 0.717) is 67.6 Å². The highest BCUT2D eigenvalue weighted by Gasteiger charge is 2.34. The minimum absolute atomic E-state index is 0.0637. The van der Waals surface area contributed by atoms with Gasteiger partial charge in [0.15, 0.2) is 11.5 Å². The lowest BCUT2D eigenvalue weighted by Gasteiger charge is -2.40. The number of anilines is 1. The number of benzene rings is 2. The molecular formula is C31H34N4O5. The molecule has 3 heterocycles. The maximum atomic E-state index is 13.2. The van der Waals surface area contributed by atoms with Crippen LogP contribution in [0.3, 0.4) is 0 Å². The van der Waals surface area contributed by atoms with E-state index in [1.165, 1.54) is 0 Å². The van der Waals surface area contributed by atoms with Crippen LogP contribution in [0.15, 0.2) is 48.5 Å². The molecule has 3 aliphatic rings. The fourth-order valence-corrected chi connectivity index (χ4v) is 5.87. The number of hydrogen-bond acceptors (Lipinski definition) is 7. The molecule has 0 radical (unpaired) electrons. The van der Waals surface area contributed by atoms with Crippen molar-refractivity contribution in [3.63, 3.8) is 0 Å². The zero-order valence-corrected chi connectivity index (χ0v) is 22.7. The van der Waals surface area contributed by atoms with Gasteiger partial charge >= 0.3 is 0 Å². The van der Waals surface area contributed by atoms with E-state index in [-0.39, 0.29) is 18.1 Å². The van der Waals surface area contributed by atoms with Gasteiger partial charge in [-0.05, 0) is 79.1 Å². The Morgan fingerprint density at radius 2 is 2.00 bits per heavy atom. The number of amides is 2. The van der Waals surface area contributed by atoms with Crippen molar-refractivity contribution in [1.29, 1.82) is 0 Å².